The Morgan fingerprint density at radius 2 is 0.912 bits per heavy atom. The minimum absolute atomic E-state index is 0. The number of carboxylic acid groups (broad SMARTS) is 1. The van der Waals surface area contributed by atoms with Crippen LogP contribution in [-0.2, 0) is 33.3 Å². The van der Waals surface area contributed by atoms with E-state index in [1.807, 2.05) is 84.9 Å². The van der Waals surface area contributed by atoms with Gasteiger partial charge in [-0.3, -0.25) is 0 Å². The van der Waals surface area contributed by atoms with Crippen LogP contribution in [0.15, 0.2) is 122 Å². The summed E-state index contributed by atoms with van der Waals surface area (Å²) in [4.78, 5) is 76.0. The second-order valence-electron chi connectivity index (χ2n) is 16.4. The first kappa shape index (κ1) is 53.0. The van der Waals surface area contributed by atoms with Gasteiger partial charge in [-0.2, -0.15) is 0 Å². The molecule has 0 saturated carbocycles. The Bertz CT molecular complexity index is 2370. The highest BCUT2D eigenvalue weighted by molar-refractivity contribution is 5.86. The van der Waals surface area contributed by atoms with Crippen molar-refractivity contribution in [3.05, 3.63) is 145 Å². The Balaban J connectivity index is 0.000000292. The van der Waals surface area contributed by atoms with Crippen LogP contribution in [0, 0.1) is 0 Å². The van der Waals surface area contributed by atoms with Gasteiger partial charge in [-0.1, -0.05) is 130 Å². The van der Waals surface area contributed by atoms with Gasteiger partial charge in [0.2, 0.25) is 0 Å². The Morgan fingerprint density at radius 3 is 1.24 bits per heavy atom. The van der Waals surface area contributed by atoms with Crippen LogP contribution in [0.2, 0.25) is 0 Å². The second-order valence-corrected chi connectivity index (χ2v) is 16.4. The molecule has 362 valence electrons. The van der Waals surface area contributed by atoms with Crippen molar-refractivity contribution in [2.75, 3.05) is 60.7 Å². The van der Waals surface area contributed by atoms with E-state index in [4.69, 9.17) is 23.7 Å². The van der Waals surface area contributed by atoms with Gasteiger partial charge in [0.15, 0.2) is 0 Å². The molecular weight excluding hydrogens is 873 g/mol. The molecule has 0 bridgehead atoms. The molecule has 0 unspecified atom stereocenters. The lowest BCUT2D eigenvalue weighted by Crippen LogP contribution is -2.54. The van der Waals surface area contributed by atoms with E-state index in [1.54, 1.807) is 0 Å². The molecule has 16 heteroatoms. The van der Waals surface area contributed by atoms with E-state index in [2.05, 4.69) is 35.9 Å². The first-order chi connectivity index (χ1) is 32.1. The van der Waals surface area contributed by atoms with Gasteiger partial charge in [-0.05, 0) is 71.2 Å². The molecule has 3 N–H and O–H groups in total. The lowest BCUT2D eigenvalue weighted by Gasteiger charge is -2.29. The highest BCUT2D eigenvalue weighted by Crippen LogP contribution is 2.45. The number of fused-ring (bicyclic) bond motifs is 6. The van der Waals surface area contributed by atoms with Gasteiger partial charge in [-0.15, -0.1) is 0 Å². The first-order valence-electron chi connectivity index (χ1n) is 21.6. The standard InChI is InChI=1S/C26H30N2O6.C25H28N2O6.CH4/c1-5-16-33-25(31)28(3)15-14-26(2,23(29)32-4)27-24(30)34-17-22-20-12-8-6-10-18(20)19-11-7-9-13-21(19)22;1-4-15-32-24(31)27(3)14-13-25(2,22(28)29)26-23(30)33-16-21-19-11-7-5-9-17(19)18-10-6-8-12-20(18)21;/h5-13,22H,1,14-17H2,2-4H3,(H,27,30);4-12,21H,1,13-16H2,2-3H3,(H,26,30)(H,28,29);1H4/t26-;25-;/m00./s1. The molecular formula is C52H62N4O12. The average molecular weight is 935 g/mol. The maximum absolute atomic E-state index is 12.7. The SMILES string of the molecule is C.C=CCOC(=O)N(C)CC[C@](C)(NC(=O)OCC1c2ccccc2-c2ccccc21)C(=O)O.C=CCOC(=O)N(C)CC[C@](C)(NC(=O)OCC1c2ccccc2-c2ccccc21)C(=O)OC. The summed E-state index contributed by atoms with van der Waals surface area (Å²) in [6.45, 7) is 10.4. The van der Waals surface area contributed by atoms with Crippen molar-refractivity contribution < 1.29 is 57.6 Å². The van der Waals surface area contributed by atoms with Gasteiger partial charge < -0.3 is 49.2 Å². The van der Waals surface area contributed by atoms with Gasteiger partial charge in [0.05, 0.1) is 7.11 Å². The number of carbonyl (C=O) groups excluding carboxylic acids is 5. The number of amides is 4. The smallest absolute Gasteiger partial charge is 0.409 e. The van der Waals surface area contributed by atoms with Gasteiger partial charge in [0.1, 0.15) is 37.5 Å². The van der Waals surface area contributed by atoms with Crippen LogP contribution < -0.4 is 10.6 Å². The van der Waals surface area contributed by atoms with Crippen molar-refractivity contribution in [1.29, 1.82) is 0 Å². The number of benzene rings is 4. The van der Waals surface area contributed by atoms with Gasteiger partial charge in [-0.25, -0.2) is 28.8 Å². The van der Waals surface area contributed by atoms with Gasteiger partial charge in [0.25, 0.3) is 0 Å². The summed E-state index contributed by atoms with van der Waals surface area (Å²) >= 11 is 0. The van der Waals surface area contributed by atoms with E-state index < -0.39 is 47.4 Å². The molecule has 0 aliphatic heterocycles. The van der Waals surface area contributed by atoms with Crippen LogP contribution in [0.25, 0.3) is 22.3 Å². The number of hydrogen-bond acceptors (Lipinski definition) is 11. The third-order valence-corrected chi connectivity index (χ3v) is 11.7. The number of rotatable bonds is 18. The van der Waals surface area contributed by atoms with E-state index in [0.29, 0.717) is 0 Å². The molecule has 4 aromatic carbocycles. The van der Waals surface area contributed by atoms with Crippen LogP contribution >= 0.6 is 0 Å². The summed E-state index contributed by atoms with van der Waals surface area (Å²) in [5, 5.41) is 14.8. The Hall–Kier alpha value is -7.62. The van der Waals surface area contributed by atoms with E-state index in [0.717, 1.165) is 44.5 Å². The highest BCUT2D eigenvalue weighted by Gasteiger charge is 2.39. The fraction of sp³-hybridized carbons (Fsp3) is 0.346. The van der Waals surface area contributed by atoms with Crippen LogP contribution in [-0.4, -0.2) is 123 Å². The summed E-state index contributed by atoms with van der Waals surface area (Å²) in [5.74, 6) is -2.11. The summed E-state index contributed by atoms with van der Waals surface area (Å²) in [6.07, 6.45) is 0.215. The number of carboxylic acids is 1. The van der Waals surface area contributed by atoms with E-state index >= 15 is 0 Å². The van der Waals surface area contributed by atoms with Crippen LogP contribution in [0.1, 0.15) is 68.2 Å². The molecule has 4 amide bonds. The quantitative estimate of drug-likeness (QED) is 0.0488. The monoisotopic (exact) mass is 934 g/mol. The maximum atomic E-state index is 12.7. The number of alkyl carbamates (subject to hydrolysis) is 2. The summed E-state index contributed by atoms with van der Waals surface area (Å²) in [5.41, 5.74) is 5.72. The molecule has 6 rings (SSSR count). The number of methoxy groups -OCH3 is 1. The zero-order valence-electron chi connectivity index (χ0n) is 38.5. The zero-order chi connectivity index (χ0) is 48.7. The molecule has 0 saturated heterocycles. The van der Waals surface area contributed by atoms with Crippen LogP contribution in [0.3, 0.4) is 0 Å². The molecule has 0 spiro atoms. The fourth-order valence-electron chi connectivity index (χ4n) is 7.83. The highest BCUT2D eigenvalue weighted by atomic mass is 16.6. The van der Waals surface area contributed by atoms with E-state index in [9.17, 15) is 33.9 Å². The maximum Gasteiger partial charge on any atom is 0.409 e. The molecule has 0 heterocycles. The minimum Gasteiger partial charge on any atom is -0.480 e. The molecule has 68 heavy (non-hydrogen) atoms. The van der Waals surface area contributed by atoms with E-state index in [1.165, 1.54) is 57.0 Å². The largest absolute Gasteiger partial charge is 0.480 e. The lowest BCUT2D eigenvalue weighted by atomic mass is 9.97. The first-order valence-corrected chi connectivity index (χ1v) is 21.6. The second kappa shape index (κ2) is 24.2. The van der Waals surface area contributed by atoms with Crippen molar-refractivity contribution in [2.45, 2.75) is 57.0 Å². The normalized spacial score (nSPS) is 13.5. The molecule has 4 aromatic rings. The van der Waals surface area contributed by atoms with Crippen molar-refractivity contribution >= 4 is 36.3 Å². The number of carbonyl (C=O) groups is 6. The zero-order valence-corrected chi connectivity index (χ0v) is 38.5. The molecule has 2 aliphatic carbocycles. The summed E-state index contributed by atoms with van der Waals surface area (Å²) in [7, 11) is 4.26. The average Bonchev–Trinajstić information content (AvgIpc) is 3.83. The Kier molecular flexibility index (Phi) is 18.9. The third-order valence-electron chi connectivity index (χ3n) is 11.7. The summed E-state index contributed by atoms with van der Waals surface area (Å²) in [6, 6.07) is 31.9. The predicted molar refractivity (Wildman–Crippen MR) is 257 cm³/mol. The molecule has 0 fully saturated rings. The number of nitrogens with zero attached hydrogens (tertiary/aromatic N) is 2. The van der Waals surface area contributed by atoms with Gasteiger partial charge >= 0.3 is 36.3 Å². The van der Waals surface area contributed by atoms with Crippen molar-refractivity contribution in [1.82, 2.24) is 20.4 Å². The van der Waals surface area contributed by atoms with E-state index in [-0.39, 0.29) is 71.6 Å². The fourth-order valence-corrected chi connectivity index (χ4v) is 7.83. The van der Waals surface area contributed by atoms with Crippen molar-refractivity contribution in [3.8, 4) is 22.3 Å². The molecule has 0 aromatic heterocycles. The molecule has 2 atom stereocenters. The van der Waals surface area contributed by atoms with Crippen molar-refractivity contribution in [2.24, 2.45) is 0 Å². The number of aliphatic carboxylic acids is 1. The van der Waals surface area contributed by atoms with Gasteiger partial charge in [0, 0.05) is 39.0 Å². The molecule has 0 radical (unpaired) electrons. The Labute approximate surface area is 397 Å². The molecule has 16 nitrogen and oxygen atoms in total. The number of esters is 1. The lowest BCUT2D eigenvalue weighted by molar-refractivity contribution is -0.148. The van der Waals surface area contributed by atoms with Crippen LogP contribution in [0.4, 0.5) is 19.2 Å². The number of nitrogens with one attached hydrogen (secondary N) is 2. The van der Waals surface area contributed by atoms with Crippen LogP contribution in [0.5, 0.6) is 0 Å². The minimum atomic E-state index is -1.63. The van der Waals surface area contributed by atoms with Crippen molar-refractivity contribution in [3.63, 3.8) is 0 Å². The number of ether oxygens (including phenoxy) is 5. The summed E-state index contributed by atoms with van der Waals surface area (Å²) < 4.78 is 25.8. The third kappa shape index (κ3) is 12.8. The molecule has 2 aliphatic rings. The topological polar surface area (TPSA) is 199 Å². The Morgan fingerprint density at radius 1 is 0.588 bits per heavy atom. The predicted octanol–water partition coefficient (Wildman–Crippen LogP) is 8.75. The number of hydrogen-bond donors (Lipinski definition) is 3.